The van der Waals surface area contributed by atoms with Gasteiger partial charge in [0.25, 0.3) is 0 Å². The van der Waals surface area contributed by atoms with Gasteiger partial charge in [-0.05, 0) is 6.42 Å². The van der Waals surface area contributed by atoms with Crippen LogP contribution in [0.4, 0.5) is 0 Å². The molecule has 11 heavy (non-hydrogen) atoms. The molecule has 0 saturated carbocycles. The molecule has 0 aromatic rings. The summed E-state index contributed by atoms with van der Waals surface area (Å²) in [7, 11) is 4.10. The van der Waals surface area contributed by atoms with Crippen molar-refractivity contribution < 1.29 is 0 Å². The summed E-state index contributed by atoms with van der Waals surface area (Å²) in [6.07, 6.45) is 3.47. The van der Waals surface area contributed by atoms with Crippen LogP contribution < -0.4 is 0 Å². The summed E-state index contributed by atoms with van der Waals surface area (Å²) in [6.45, 7) is 5.32. The van der Waals surface area contributed by atoms with Crippen molar-refractivity contribution in [2.24, 2.45) is 4.99 Å². The molecule has 2 nitrogen and oxygen atoms in total. The molecule has 0 unspecified atom stereocenters. The molecule has 0 bridgehead atoms. The van der Waals surface area contributed by atoms with Gasteiger partial charge in [-0.25, -0.2) is 0 Å². The van der Waals surface area contributed by atoms with Gasteiger partial charge in [-0.2, -0.15) is 0 Å². The van der Waals surface area contributed by atoms with E-state index in [0.717, 1.165) is 13.0 Å². The first kappa shape index (κ1) is 10.5. The van der Waals surface area contributed by atoms with E-state index in [1.165, 1.54) is 18.7 Å². The maximum absolute atomic E-state index is 4.47. The van der Waals surface area contributed by atoms with E-state index in [1.54, 1.807) is 0 Å². The molecule has 0 aromatic heterocycles. The Balaban J connectivity index is 3.71. The van der Waals surface area contributed by atoms with Gasteiger partial charge in [0.1, 0.15) is 0 Å². The van der Waals surface area contributed by atoms with Crippen LogP contribution in [0, 0.1) is 0 Å². The lowest BCUT2D eigenvalue weighted by Gasteiger charge is -2.13. The molecule has 66 valence electrons. The fourth-order valence-electron chi connectivity index (χ4n) is 0.936. The van der Waals surface area contributed by atoms with E-state index in [9.17, 15) is 0 Å². The molecule has 0 atom stereocenters. The minimum absolute atomic E-state index is 0.984. The molecule has 0 amide bonds. The van der Waals surface area contributed by atoms with E-state index in [2.05, 4.69) is 23.7 Å². The summed E-state index contributed by atoms with van der Waals surface area (Å²) >= 11 is 0. The van der Waals surface area contributed by atoms with E-state index in [1.807, 2.05) is 14.1 Å². The molecule has 0 rings (SSSR count). The fraction of sp³-hybridized carbons (Fsp3) is 0.889. The summed E-state index contributed by atoms with van der Waals surface area (Å²) in [6, 6.07) is 0. The Morgan fingerprint density at radius 1 is 1.27 bits per heavy atom. The zero-order valence-electron chi connectivity index (χ0n) is 8.22. The van der Waals surface area contributed by atoms with E-state index in [-0.39, 0.29) is 0 Å². The van der Waals surface area contributed by atoms with Crippen molar-refractivity contribution in [1.29, 1.82) is 0 Å². The molecule has 0 aliphatic rings. The first-order chi connectivity index (χ1) is 5.22. The lowest BCUT2D eigenvalue weighted by atomic mass is 10.3. The highest BCUT2D eigenvalue weighted by atomic mass is 15.1. The number of nitrogens with zero attached hydrogens (tertiary/aromatic N) is 2. The second kappa shape index (κ2) is 6.20. The Labute approximate surface area is 70.3 Å². The van der Waals surface area contributed by atoms with Gasteiger partial charge in [-0.15, -0.1) is 0 Å². The predicted octanol–water partition coefficient (Wildman–Crippen LogP) is 2.16. The molecular formula is C9H20N2. The maximum atomic E-state index is 4.47. The zero-order valence-corrected chi connectivity index (χ0v) is 8.22. The molecule has 0 N–H and O–H groups in total. The third kappa shape index (κ3) is 4.82. The van der Waals surface area contributed by atoms with Gasteiger partial charge >= 0.3 is 0 Å². The van der Waals surface area contributed by atoms with Crippen LogP contribution in [-0.4, -0.2) is 31.4 Å². The molecule has 2 heteroatoms. The number of hydrogen-bond donors (Lipinski definition) is 0. The maximum Gasteiger partial charge on any atom is 0.0980 e. The molecule has 0 heterocycles. The molecule has 0 saturated heterocycles. The Morgan fingerprint density at radius 3 is 2.27 bits per heavy atom. The van der Waals surface area contributed by atoms with Gasteiger partial charge in [0.2, 0.25) is 0 Å². The van der Waals surface area contributed by atoms with Gasteiger partial charge in [0.15, 0.2) is 0 Å². The van der Waals surface area contributed by atoms with Crippen molar-refractivity contribution >= 4 is 5.84 Å². The van der Waals surface area contributed by atoms with Crippen molar-refractivity contribution in [2.45, 2.75) is 33.1 Å². The van der Waals surface area contributed by atoms with E-state index in [4.69, 9.17) is 0 Å². The monoisotopic (exact) mass is 156 g/mol. The van der Waals surface area contributed by atoms with Crippen LogP contribution in [0.1, 0.15) is 33.1 Å². The predicted molar refractivity (Wildman–Crippen MR) is 51.2 cm³/mol. The van der Waals surface area contributed by atoms with Crippen LogP contribution in [0.15, 0.2) is 4.99 Å². The first-order valence-electron chi connectivity index (χ1n) is 4.43. The Bertz CT molecular complexity index is 117. The van der Waals surface area contributed by atoms with Gasteiger partial charge in [0.05, 0.1) is 5.84 Å². The number of aliphatic imine (C=N–C) groups is 1. The molecule has 0 fully saturated rings. The highest BCUT2D eigenvalue weighted by Gasteiger charge is 1.95. The van der Waals surface area contributed by atoms with Crippen LogP contribution >= 0.6 is 0 Å². The highest BCUT2D eigenvalue weighted by Crippen LogP contribution is 1.93. The van der Waals surface area contributed by atoms with Crippen LogP contribution in [0.5, 0.6) is 0 Å². The minimum Gasteiger partial charge on any atom is -0.367 e. The third-order valence-electron chi connectivity index (χ3n) is 1.64. The Kier molecular flexibility index (Phi) is 5.90. The smallest absolute Gasteiger partial charge is 0.0980 e. The summed E-state index contributed by atoms with van der Waals surface area (Å²) in [5.74, 6) is 1.21. The average molecular weight is 156 g/mol. The summed E-state index contributed by atoms with van der Waals surface area (Å²) < 4.78 is 0. The Morgan fingerprint density at radius 2 is 1.91 bits per heavy atom. The quantitative estimate of drug-likeness (QED) is 0.346. The lowest BCUT2D eigenvalue weighted by molar-refractivity contribution is 0.600. The lowest BCUT2D eigenvalue weighted by Crippen LogP contribution is -2.21. The molecule has 0 aliphatic carbocycles. The SMILES string of the molecule is CCCCN=C(CC)N(C)C. The number of amidine groups is 1. The topological polar surface area (TPSA) is 15.6 Å². The Hall–Kier alpha value is -0.530. The largest absolute Gasteiger partial charge is 0.367 e. The van der Waals surface area contributed by atoms with E-state index < -0.39 is 0 Å². The van der Waals surface area contributed by atoms with Gasteiger partial charge in [-0.1, -0.05) is 20.3 Å². The molecule has 0 aliphatic heterocycles. The van der Waals surface area contributed by atoms with Crippen molar-refractivity contribution in [2.75, 3.05) is 20.6 Å². The number of rotatable bonds is 4. The van der Waals surface area contributed by atoms with Gasteiger partial charge < -0.3 is 4.90 Å². The van der Waals surface area contributed by atoms with Crippen molar-refractivity contribution in [3.8, 4) is 0 Å². The number of unbranched alkanes of at least 4 members (excludes halogenated alkanes) is 1. The standard InChI is InChI=1S/C9H20N2/c1-5-7-8-10-9(6-2)11(3)4/h5-8H2,1-4H3. The number of hydrogen-bond acceptors (Lipinski definition) is 1. The highest BCUT2D eigenvalue weighted by molar-refractivity contribution is 5.81. The fourth-order valence-corrected chi connectivity index (χ4v) is 0.936. The van der Waals surface area contributed by atoms with Crippen LogP contribution in [0.2, 0.25) is 0 Å². The molecular weight excluding hydrogens is 136 g/mol. The van der Waals surface area contributed by atoms with Gasteiger partial charge in [-0.3, -0.25) is 4.99 Å². The average Bonchev–Trinajstić information content (AvgIpc) is 1.97. The zero-order chi connectivity index (χ0) is 8.69. The second-order valence-corrected chi connectivity index (χ2v) is 2.90. The second-order valence-electron chi connectivity index (χ2n) is 2.90. The summed E-state index contributed by atoms with van der Waals surface area (Å²) in [5, 5.41) is 0. The van der Waals surface area contributed by atoms with Crippen LogP contribution in [0.3, 0.4) is 0 Å². The van der Waals surface area contributed by atoms with E-state index >= 15 is 0 Å². The first-order valence-corrected chi connectivity index (χ1v) is 4.43. The van der Waals surface area contributed by atoms with Crippen molar-refractivity contribution in [3.63, 3.8) is 0 Å². The van der Waals surface area contributed by atoms with Crippen molar-refractivity contribution in [3.05, 3.63) is 0 Å². The minimum atomic E-state index is 0.984. The van der Waals surface area contributed by atoms with E-state index in [0.29, 0.717) is 0 Å². The molecule has 0 spiro atoms. The summed E-state index contributed by atoms with van der Waals surface area (Å²) in [5.41, 5.74) is 0. The van der Waals surface area contributed by atoms with Crippen molar-refractivity contribution in [1.82, 2.24) is 4.90 Å². The third-order valence-corrected chi connectivity index (χ3v) is 1.64. The molecule has 0 radical (unpaired) electrons. The van der Waals surface area contributed by atoms with Crippen LogP contribution in [0.25, 0.3) is 0 Å². The summed E-state index contributed by atoms with van der Waals surface area (Å²) in [4.78, 5) is 6.57. The normalized spacial score (nSPS) is 11.8. The van der Waals surface area contributed by atoms with Crippen LogP contribution in [-0.2, 0) is 0 Å². The molecule has 0 aromatic carbocycles. The van der Waals surface area contributed by atoms with Gasteiger partial charge in [0, 0.05) is 27.1 Å².